The van der Waals surface area contributed by atoms with Crippen LogP contribution < -0.4 is 10.2 Å². The zero-order chi connectivity index (χ0) is 13.8. The monoisotopic (exact) mass is 276 g/mol. The third kappa shape index (κ3) is 3.26. The number of pyridine rings is 1. The van der Waals surface area contributed by atoms with Gasteiger partial charge >= 0.3 is 0 Å². The average molecular weight is 276 g/mol. The second kappa shape index (κ2) is 6.19. The molecular formula is C14H20N4O2. The van der Waals surface area contributed by atoms with Crippen molar-refractivity contribution in [2.75, 3.05) is 26.2 Å². The molecule has 0 aliphatic carbocycles. The Morgan fingerprint density at radius 2 is 2.25 bits per heavy atom. The summed E-state index contributed by atoms with van der Waals surface area (Å²) in [5.41, 5.74) is 3.56. The van der Waals surface area contributed by atoms with E-state index in [1.54, 1.807) is 6.07 Å². The van der Waals surface area contributed by atoms with Gasteiger partial charge in [-0.2, -0.15) is 4.73 Å². The van der Waals surface area contributed by atoms with Crippen molar-refractivity contribution in [3.05, 3.63) is 35.3 Å². The van der Waals surface area contributed by atoms with E-state index in [-0.39, 0.29) is 6.04 Å². The Balaban J connectivity index is 1.68. The van der Waals surface area contributed by atoms with Crippen LogP contribution in [0.2, 0.25) is 0 Å². The van der Waals surface area contributed by atoms with Crippen LogP contribution in [0.1, 0.15) is 24.8 Å². The first-order chi connectivity index (χ1) is 9.81. The lowest BCUT2D eigenvalue weighted by atomic mass is 10.1. The van der Waals surface area contributed by atoms with Crippen LogP contribution in [0.5, 0.6) is 0 Å². The molecule has 0 aromatic carbocycles. The number of hydroxylamine groups is 1. The minimum absolute atomic E-state index is 0.129. The Labute approximate surface area is 118 Å². The molecule has 0 bridgehead atoms. The minimum atomic E-state index is 0.129. The highest BCUT2D eigenvalue weighted by molar-refractivity contribution is 5.97. The van der Waals surface area contributed by atoms with Gasteiger partial charge in [-0.25, -0.2) is 5.48 Å². The SMILES string of the molecule is [O-][n+]1cccc(C2=NC(CN3CCCCC3)CON2)c1. The molecule has 3 rings (SSSR count). The zero-order valence-electron chi connectivity index (χ0n) is 11.5. The predicted octanol–water partition coefficient (Wildman–Crippen LogP) is 0.456. The molecule has 1 aromatic rings. The van der Waals surface area contributed by atoms with E-state index in [4.69, 9.17) is 4.84 Å². The van der Waals surface area contributed by atoms with E-state index < -0.39 is 0 Å². The fourth-order valence-electron chi connectivity index (χ4n) is 2.71. The molecule has 108 valence electrons. The van der Waals surface area contributed by atoms with Crippen molar-refractivity contribution in [3.63, 3.8) is 0 Å². The second-order valence-corrected chi connectivity index (χ2v) is 5.36. The number of hydrogen-bond donors (Lipinski definition) is 1. The molecule has 1 aromatic heterocycles. The summed E-state index contributed by atoms with van der Waals surface area (Å²) in [6.07, 6.45) is 6.84. The van der Waals surface area contributed by atoms with Crippen molar-refractivity contribution in [1.82, 2.24) is 10.4 Å². The van der Waals surface area contributed by atoms with Crippen LogP contribution in [-0.2, 0) is 4.84 Å². The number of likely N-dealkylation sites (tertiary alicyclic amines) is 1. The van der Waals surface area contributed by atoms with Crippen molar-refractivity contribution in [2.45, 2.75) is 25.3 Å². The van der Waals surface area contributed by atoms with E-state index in [0.717, 1.165) is 29.9 Å². The van der Waals surface area contributed by atoms with Crippen molar-refractivity contribution in [3.8, 4) is 0 Å². The number of amidine groups is 1. The second-order valence-electron chi connectivity index (χ2n) is 5.36. The van der Waals surface area contributed by atoms with E-state index in [1.165, 1.54) is 31.7 Å². The molecule has 1 unspecified atom stereocenters. The van der Waals surface area contributed by atoms with Crippen LogP contribution in [0.3, 0.4) is 0 Å². The Hall–Kier alpha value is -1.66. The van der Waals surface area contributed by atoms with Crippen molar-refractivity contribution in [2.24, 2.45) is 4.99 Å². The highest BCUT2D eigenvalue weighted by atomic mass is 16.6. The molecule has 1 atom stereocenters. The predicted molar refractivity (Wildman–Crippen MR) is 75.1 cm³/mol. The number of aromatic nitrogens is 1. The van der Waals surface area contributed by atoms with E-state index >= 15 is 0 Å². The van der Waals surface area contributed by atoms with E-state index in [1.807, 2.05) is 6.07 Å². The Kier molecular flexibility index (Phi) is 4.13. The normalized spacial score (nSPS) is 24.0. The van der Waals surface area contributed by atoms with Gasteiger partial charge in [-0.05, 0) is 32.0 Å². The Morgan fingerprint density at radius 1 is 1.40 bits per heavy atom. The zero-order valence-corrected chi connectivity index (χ0v) is 11.5. The van der Waals surface area contributed by atoms with Gasteiger partial charge in [-0.15, -0.1) is 0 Å². The van der Waals surface area contributed by atoms with Crippen LogP contribution in [0.25, 0.3) is 0 Å². The topological polar surface area (TPSA) is 63.8 Å². The molecule has 1 N–H and O–H groups in total. The standard InChI is InChI=1S/C14H20N4O2/c19-18-8-4-5-12(9-18)14-15-13(11-20-16-14)10-17-6-2-1-3-7-17/h4-5,8-9,13H,1-3,6-7,10-11H2,(H,15,16). The number of nitrogens with one attached hydrogen (secondary N) is 1. The van der Waals surface area contributed by atoms with E-state index in [0.29, 0.717) is 12.4 Å². The summed E-state index contributed by atoms with van der Waals surface area (Å²) in [4.78, 5) is 12.5. The summed E-state index contributed by atoms with van der Waals surface area (Å²) in [6, 6.07) is 3.69. The van der Waals surface area contributed by atoms with Crippen molar-refractivity contribution >= 4 is 5.84 Å². The molecule has 1 saturated heterocycles. The van der Waals surface area contributed by atoms with Gasteiger partial charge in [0.15, 0.2) is 18.2 Å². The van der Waals surface area contributed by atoms with Crippen LogP contribution in [-0.4, -0.2) is 43.0 Å². The van der Waals surface area contributed by atoms with Gasteiger partial charge in [0.2, 0.25) is 0 Å². The number of nitrogens with zero attached hydrogens (tertiary/aromatic N) is 3. The van der Waals surface area contributed by atoms with Gasteiger partial charge in [0.25, 0.3) is 0 Å². The lowest BCUT2D eigenvalue weighted by Crippen LogP contribution is -2.43. The van der Waals surface area contributed by atoms with E-state index in [9.17, 15) is 5.21 Å². The highest BCUT2D eigenvalue weighted by Gasteiger charge is 2.21. The van der Waals surface area contributed by atoms with Crippen molar-refractivity contribution in [1.29, 1.82) is 0 Å². The largest absolute Gasteiger partial charge is 0.619 e. The molecule has 6 heteroatoms. The van der Waals surface area contributed by atoms with E-state index in [2.05, 4.69) is 15.4 Å². The van der Waals surface area contributed by atoms with Crippen LogP contribution in [0.4, 0.5) is 0 Å². The third-order valence-electron chi connectivity index (χ3n) is 3.72. The first kappa shape index (κ1) is 13.3. The summed E-state index contributed by atoms with van der Waals surface area (Å²) < 4.78 is 0.772. The molecule has 3 heterocycles. The molecule has 20 heavy (non-hydrogen) atoms. The lowest BCUT2D eigenvalue weighted by molar-refractivity contribution is -0.605. The maximum atomic E-state index is 11.3. The Morgan fingerprint density at radius 3 is 3.05 bits per heavy atom. The number of aliphatic imine (C=N–C) groups is 1. The molecule has 2 aliphatic heterocycles. The maximum Gasteiger partial charge on any atom is 0.191 e. The number of piperidine rings is 1. The molecule has 2 aliphatic rings. The number of hydrogen-bond acceptors (Lipinski definition) is 5. The van der Waals surface area contributed by atoms with Gasteiger partial charge < -0.3 is 10.1 Å². The van der Waals surface area contributed by atoms with Gasteiger partial charge in [0.05, 0.1) is 18.2 Å². The molecule has 0 amide bonds. The number of rotatable bonds is 3. The smallest absolute Gasteiger partial charge is 0.191 e. The minimum Gasteiger partial charge on any atom is -0.619 e. The quantitative estimate of drug-likeness (QED) is 0.643. The van der Waals surface area contributed by atoms with Gasteiger partial charge in [0, 0.05) is 12.6 Å². The first-order valence-corrected chi connectivity index (χ1v) is 7.18. The lowest BCUT2D eigenvalue weighted by Gasteiger charge is -2.30. The fourth-order valence-corrected chi connectivity index (χ4v) is 2.71. The summed E-state index contributed by atoms with van der Waals surface area (Å²) >= 11 is 0. The summed E-state index contributed by atoms with van der Waals surface area (Å²) in [7, 11) is 0. The molecule has 6 nitrogen and oxygen atoms in total. The summed E-state index contributed by atoms with van der Waals surface area (Å²) in [6.45, 7) is 3.81. The van der Waals surface area contributed by atoms with Gasteiger partial charge in [0.1, 0.15) is 0 Å². The van der Waals surface area contributed by atoms with Crippen LogP contribution in [0, 0.1) is 5.21 Å². The molecule has 0 radical (unpaired) electrons. The highest BCUT2D eigenvalue weighted by Crippen LogP contribution is 2.12. The maximum absolute atomic E-state index is 11.3. The average Bonchev–Trinajstić information content (AvgIpc) is 2.49. The van der Waals surface area contributed by atoms with Crippen LogP contribution >= 0.6 is 0 Å². The molecule has 1 fully saturated rings. The summed E-state index contributed by atoms with van der Waals surface area (Å²) in [5, 5.41) is 11.3. The molecular weight excluding hydrogens is 256 g/mol. The Bertz CT molecular complexity index is 486. The van der Waals surface area contributed by atoms with Crippen LogP contribution in [0.15, 0.2) is 29.5 Å². The fraction of sp³-hybridized carbons (Fsp3) is 0.571. The molecule has 0 spiro atoms. The third-order valence-corrected chi connectivity index (χ3v) is 3.72. The van der Waals surface area contributed by atoms with Crippen molar-refractivity contribution < 1.29 is 9.57 Å². The van der Waals surface area contributed by atoms with Gasteiger partial charge in [-0.1, -0.05) is 6.42 Å². The molecule has 0 saturated carbocycles. The summed E-state index contributed by atoms with van der Waals surface area (Å²) in [5.74, 6) is 0.642. The van der Waals surface area contributed by atoms with Gasteiger partial charge in [-0.3, -0.25) is 9.83 Å². The first-order valence-electron chi connectivity index (χ1n) is 7.18.